The van der Waals surface area contributed by atoms with Gasteiger partial charge in [0.15, 0.2) is 5.78 Å². The Hall–Kier alpha value is -2.44. The van der Waals surface area contributed by atoms with Crippen molar-refractivity contribution in [2.24, 2.45) is 0 Å². The van der Waals surface area contributed by atoms with Crippen molar-refractivity contribution < 1.29 is 14.5 Å². The third kappa shape index (κ3) is 4.28. The normalized spacial score (nSPS) is 10.2. The van der Waals surface area contributed by atoms with Crippen LogP contribution in [0.5, 0.6) is 0 Å². The second kappa shape index (κ2) is 7.21. The smallest absolute Gasteiger partial charge is 0.269 e. The van der Waals surface area contributed by atoms with Crippen LogP contribution < -0.4 is 5.32 Å². The van der Waals surface area contributed by atoms with Crippen molar-refractivity contribution in [1.29, 1.82) is 0 Å². The number of halogens is 2. The number of Topliss-reactive ketones (excluding diaryl/α,β-unsaturated/α-hetero) is 1. The molecule has 0 saturated carbocycles. The molecule has 23 heavy (non-hydrogen) atoms. The van der Waals surface area contributed by atoms with E-state index >= 15 is 0 Å². The molecule has 2 aromatic carbocycles. The van der Waals surface area contributed by atoms with Gasteiger partial charge in [-0.25, -0.2) is 0 Å². The zero-order valence-corrected chi connectivity index (χ0v) is 13.1. The summed E-state index contributed by atoms with van der Waals surface area (Å²) in [6.07, 6.45) is 0. The van der Waals surface area contributed by atoms with E-state index in [1.165, 1.54) is 42.5 Å². The third-order valence-corrected chi connectivity index (χ3v) is 3.53. The van der Waals surface area contributed by atoms with Gasteiger partial charge >= 0.3 is 0 Å². The summed E-state index contributed by atoms with van der Waals surface area (Å²) in [5.41, 5.74) is 0.351. The molecule has 118 valence electrons. The zero-order valence-electron chi connectivity index (χ0n) is 11.6. The molecule has 0 aliphatic heterocycles. The fraction of sp³-hybridized carbons (Fsp3) is 0.0667. The van der Waals surface area contributed by atoms with E-state index in [2.05, 4.69) is 5.32 Å². The molecule has 0 spiro atoms. The molecule has 6 nitrogen and oxygen atoms in total. The zero-order chi connectivity index (χ0) is 17.0. The summed E-state index contributed by atoms with van der Waals surface area (Å²) in [5, 5.41) is 13.6. The Labute approximate surface area is 141 Å². The number of ketones is 1. The highest BCUT2D eigenvalue weighted by Gasteiger charge is 2.14. The van der Waals surface area contributed by atoms with Crippen molar-refractivity contribution in [1.82, 2.24) is 5.32 Å². The van der Waals surface area contributed by atoms with Crippen LogP contribution in [-0.4, -0.2) is 23.2 Å². The van der Waals surface area contributed by atoms with E-state index < -0.39 is 10.8 Å². The molecular formula is C15H10Cl2N2O4. The predicted molar refractivity (Wildman–Crippen MR) is 86.2 cm³/mol. The van der Waals surface area contributed by atoms with Gasteiger partial charge in [-0.3, -0.25) is 19.7 Å². The van der Waals surface area contributed by atoms with E-state index in [-0.39, 0.29) is 34.2 Å². The SMILES string of the molecule is O=C(CNC(=O)c1ccc(Cl)cc1Cl)c1ccc([N+](=O)[O-])cc1. The number of benzene rings is 2. The van der Waals surface area contributed by atoms with Crippen LogP contribution in [-0.2, 0) is 0 Å². The van der Waals surface area contributed by atoms with Crippen molar-refractivity contribution in [3.05, 3.63) is 73.8 Å². The Bertz CT molecular complexity index is 776. The van der Waals surface area contributed by atoms with E-state index in [4.69, 9.17) is 23.2 Å². The molecule has 1 N–H and O–H groups in total. The monoisotopic (exact) mass is 352 g/mol. The maximum absolute atomic E-state index is 12.0. The molecule has 0 aliphatic rings. The molecule has 0 radical (unpaired) electrons. The number of carbonyl (C=O) groups excluding carboxylic acids is 2. The van der Waals surface area contributed by atoms with Gasteiger partial charge in [-0.2, -0.15) is 0 Å². The molecule has 0 fully saturated rings. The summed E-state index contributed by atoms with van der Waals surface area (Å²) in [4.78, 5) is 33.9. The fourth-order valence-electron chi connectivity index (χ4n) is 1.80. The lowest BCUT2D eigenvalue weighted by Crippen LogP contribution is -2.29. The maximum atomic E-state index is 12.0. The van der Waals surface area contributed by atoms with Gasteiger partial charge in [0, 0.05) is 22.7 Å². The highest BCUT2D eigenvalue weighted by molar-refractivity contribution is 6.36. The van der Waals surface area contributed by atoms with E-state index in [0.717, 1.165) is 0 Å². The van der Waals surface area contributed by atoms with Crippen LogP contribution in [0.4, 0.5) is 5.69 Å². The molecule has 0 heterocycles. The minimum absolute atomic E-state index is 0.112. The number of hydrogen-bond acceptors (Lipinski definition) is 4. The van der Waals surface area contributed by atoms with Crippen LogP contribution in [0.3, 0.4) is 0 Å². The van der Waals surface area contributed by atoms with Crippen LogP contribution in [0.15, 0.2) is 42.5 Å². The Kier molecular flexibility index (Phi) is 5.31. The molecule has 0 bridgehead atoms. The lowest BCUT2D eigenvalue weighted by Gasteiger charge is -2.06. The average molecular weight is 353 g/mol. The second-order valence-corrected chi connectivity index (χ2v) is 5.38. The highest BCUT2D eigenvalue weighted by atomic mass is 35.5. The Morgan fingerprint density at radius 3 is 2.30 bits per heavy atom. The van der Waals surface area contributed by atoms with E-state index in [1.54, 1.807) is 0 Å². The van der Waals surface area contributed by atoms with Crippen molar-refractivity contribution in [2.75, 3.05) is 6.54 Å². The fourth-order valence-corrected chi connectivity index (χ4v) is 2.29. The lowest BCUT2D eigenvalue weighted by atomic mass is 10.1. The van der Waals surface area contributed by atoms with E-state index in [0.29, 0.717) is 5.02 Å². The van der Waals surface area contributed by atoms with Crippen LogP contribution in [0.1, 0.15) is 20.7 Å². The number of non-ortho nitro benzene ring substituents is 1. The molecule has 0 unspecified atom stereocenters. The number of carbonyl (C=O) groups is 2. The van der Waals surface area contributed by atoms with E-state index in [9.17, 15) is 19.7 Å². The van der Waals surface area contributed by atoms with Gasteiger partial charge in [0.2, 0.25) is 0 Å². The molecular weight excluding hydrogens is 343 g/mol. The number of rotatable bonds is 5. The van der Waals surface area contributed by atoms with Crippen LogP contribution >= 0.6 is 23.2 Å². The molecule has 2 aromatic rings. The first-order chi connectivity index (χ1) is 10.9. The quantitative estimate of drug-likeness (QED) is 0.506. The van der Waals surface area contributed by atoms with Crippen molar-refractivity contribution in [3.63, 3.8) is 0 Å². The summed E-state index contributed by atoms with van der Waals surface area (Å²) < 4.78 is 0. The number of nitrogens with one attached hydrogen (secondary N) is 1. The number of nitro groups is 1. The van der Waals surface area contributed by atoms with Crippen molar-refractivity contribution >= 4 is 40.6 Å². The molecule has 8 heteroatoms. The van der Waals surface area contributed by atoms with Gasteiger partial charge in [-0.1, -0.05) is 23.2 Å². The third-order valence-electron chi connectivity index (χ3n) is 2.99. The number of nitro benzene ring substituents is 1. The lowest BCUT2D eigenvalue weighted by molar-refractivity contribution is -0.384. The largest absolute Gasteiger partial charge is 0.345 e. The van der Waals surface area contributed by atoms with Crippen molar-refractivity contribution in [2.45, 2.75) is 0 Å². The first-order valence-corrected chi connectivity index (χ1v) is 7.15. The van der Waals surface area contributed by atoms with Crippen LogP contribution in [0.2, 0.25) is 10.0 Å². The maximum Gasteiger partial charge on any atom is 0.269 e. The number of hydrogen-bond donors (Lipinski definition) is 1. The second-order valence-electron chi connectivity index (χ2n) is 4.53. The van der Waals surface area contributed by atoms with Crippen LogP contribution in [0.25, 0.3) is 0 Å². The molecule has 2 rings (SSSR count). The average Bonchev–Trinajstić information content (AvgIpc) is 2.52. The molecule has 1 amide bonds. The van der Waals surface area contributed by atoms with Crippen molar-refractivity contribution in [3.8, 4) is 0 Å². The molecule has 0 aliphatic carbocycles. The number of nitrogens with zero attached hydrogens (tertiary/aromatic N) is 1. The summed E-state index contributed by atoms with van der Waals surface area (Å²) in [5.74, 6) is -0.889. The topological polar surface area (TPSA) is 89.3 Å². The molecule has 0 aromatic heterocycles. The number of amides is 1. The Morgan fingerprint density at radius 2 is 1.74 bits per heavy atom. The van der Waals surface area contributed by atoms with Crippen LogP contribution in [0, 0.1) is 10.1 Å². The minimum Gasteiger partial charge on any atom is -0.345 e. The first kappa shape index (κ1) is 16.9. The van der Waals surface area contributed by atoms with Gasteiger partial charge in [0.25, 0.3) is 11.6 Å². The minimum atomic E-state index is -0.557. The first-order valence-electron chi connectivity index (χ1n) is 6.39. The standard InChI is InChI=1S/C15H10Cl2N2O4/c16-10-3-6-12(13(17)7-10)15(21)18-8-14(20)9-1-4-11(5-2-9)19(22)23/h1-7H,8H2,(H,18,21). The molecule has 0 saturated heterocycles. The van der Waals surface area contributed by atoms with Gasteiger partial charge in [-0.05, 0) is 30.3 Å². The summed E-state index contributed by atoms with van der Waals surface area (Å²) in [7, 11) is 0. The predicted octanol–water partition coefficient (Wildman–Crippen LogP) is 3.51. The van der Waals surface area contributed by atoms with Gasteiger partial charge in [-0.15, -0.1) is 0 Å². The highest BCUT2D eigenvalue weighted by Crippen LogP contribution is 2.20. The van der Waals surface area contributed by atoms with Gasteiger partial charge in [0.1, 0.15) is 0 Å². The van der Waals surface area contributed by atoms with E-state index in [1.807, 2.05) is 0 Å². The van der Waals surface area contributed by atoms with Gasteiger partial charge < -0.3 is 5.32 Å². The Morgan fingerprint density at radius 1 is 1.09 bits per heavy atom. The summed E-state index contributed by atoms with van der Waals surface area (Å²) >= 11 is 11.7. The summed E-state index contributed by atoms with van der Waals surface area (Å²) in [6.45, 7) is -0.254. The summed E-state index contributed by atoms with van der Waals surface area (Å²) in [6, 6.07) is 9.52. The van der Waals surface area contributed by atoms with Gasteiger partial charge in [0.05, 0.1) is 22.1 Å². The Balaban J connectivity index is 2.00. The molecule has 0 atom stereocenters.